The van der Waals surface area contributed by atoms with Crippen LogP contribution in [0.2, 0.25) is 0 Å². The van der Waals surface area contributed by atoms with Gasteiger partial charge in [-0.15, -0.1) is 4.41 Å². The first kappa shape index (κ1) is 25.2. The average molecular weight is 503 g/mol. The second-order valence-corrected chi connectivity index (χ2v) is 11.4. The molecule has 1 N–H and O–H groups in total. The molecular formula is C10H14Cl6N2O6S. The highest BCUT2D eigenvalue weighted by atomic mass is 35.6. The van der Waals surface area contributed by atoms with Crippen LogP contribution in [-0.2, 0) is 19.5 Å². The van der Waals surface area contributed by atoms with E-state index in [0.29, 0.717) is 6.42 Å². The smallest absolute Gasteiger partial charge is 0.443 e. The molecule has 0 unspecified atom stereocenters. The van der Waals surface area contributed by atoms with Crippen molar-refractivity contribution in [2.24, 2.45) is 0 Å². The maximum Gasteiger partial charge on any atom is 0.443 e. The Morgan fingerprint density at radius 1 is 1.00 bits per heavy atom. The molecule has 15 heteroatoms. The van der Waals surface area contributed by atoms with Crippen molar-refractivity contribution < 1.29 is 27.5 Å². The number of sulfonamides is 1. The molecular weight excluding hydrogens is 489 g/mol. The van der Waals surface area contributed by atoms with Gasteiger partial charge in [0, 0.05) is 0 Å². The van der Waals surface area contributed by atoms with E-state index in [1.165, 1.54) is 0 Å². The largest absolute Gasteiger partial charge is 0.444 e. The van der Waals surface area contributed by atoms with Gasteiger partial charge in [-0.3, -0.25) is 0 Å². The molecule has 0 saturated carbocycles. The second-order valence-electron chi connectivity index (χ2n) is 4.41. The molecule has 0 aliphatic heterocycles. The van der Waals surface area contributed by atoms with Gasteiger partial charge in [0.15, 0.2) is 0 Å². The molecule has 0 fully saturated rings. The van der Waals surface area contributed by atoms with Crippen molar-refractivity contribution in [1.82, 2.24) is 9.84 Å². The fraction of sp³-hybridized carbons (Fsp3) is 0.800. The van der Waals surface area contributed by atoms with E-state index in [0.717, 1.165) is 0 Å². The lowest BCUT2D eigenvalue weighted by Crippen LogP contribution is -2.51. The van der Waals surface area contributed by atoms with E-state index in [1.807, 2.05) is 0 Å². The molecule has 0 saturated heterocycles. The summed E-state index contributed by atoms with van der Waals surface area (Å²) in [6, 6.07) is 0. The lowest BCUT2D eigenvalue weighted by Gasteiger charge is -2.23. The number of ether oxygens (including phenoxy) is 2. The number of hydrogen-bond acceptors (Lipinski definition) is 6. The summed E-state index contributed by atoms with van der Waals surface area (Å²) in [5.41, 5.74) is 1.68. The van der Waals surface area contributed by atoms with Gasteiger partial charge in [0.2, 0.25) is 7.59 Å². The predicted octanol–water partition coefficient (Wildman–Crippen LogP) is 3.94. The van der Waals surface area contributed by atoms with Crippen LogP contribution in [0.4, 0.5) is 9.59 Å². The monoisotopic (exact) mass is 500 g/mol. The maximum atomic E-state index is 12.2. The van der Waals surface area contributed by atoms with Crippen molar-refractivity contribution in [3.63, 3.8) is 0 Å². The Balaban J connectivity index is 5.13. The average Bonchev–Trinajstić information content (AvgIpc) is 2.44. The van der Waals surface area contributed by atoms with Gasteiger partial charge in [-0.05, 0) is 6.42 Å². The van der Waals surface area contributed by atoms with Gasteiger partial charge >= 0.3 is 12.2 Å². The second kappa shape index (κ2) is 10.5. The molecule has 148 valence electrons. The van der Waals surface area contributed by atoms with Crippen LogP contribution in [0.3, 0.4) is 0 Å². The zero-order valence-corrected chi connectivity index (χ0v) is 18.0. The minimum absolute atomic E-state index is 0.0697. The zero-order chi connectivity index (χ0) is 19.9. The van der Waals surface area contributed by atoms with Crippen LogP contribution in [0.5, 0.6) is 0 Å². The van der Waals surface area contributed by atoms with Crippen LogP contribution in [-0.4, -0.2) is 51.6 Å². The molecule has 0 aliphatic carbocycles. The van der Waals surface area contributed by atoms with E-state index < -0.39 is 48.8 Å². The van der Waals surface area contributed by atoms with Crippen LogP contribution >= 0.6 is 69.6 Å². The van der Waals surface area contributed by atoms with Gasteiger partial charge in [0.1, 0.15) is 13.2 Å². The number of hydrazine groups is 1. The van der Waals surface area contributed by atoms with Crippen molar-refractivity contribution in [3.05, 3.63) is 0 Å². The fourth-order valence-corrected chi connectivity index (χ4v) is 2.77. The topological polar surface area (TPSA) is 102 Å². The molecule has 0 spiro atoms. The lowest BCUT2D eigenvalue weighted by atomic mass is 10.4. The third-order valence-corrected chi connectivity index (χ3v) is 4.37. The highest BCUT2D eigenvalue weighted by Gasteiger charge is 2.34. The predicted molar refractivity (Wildman–Crippen MR) is 96.9 cm³/mol. The summed E-state index contributed by atoms with van der Waals surface area (Å²) >= 11 is 32.4. The number of nitrogens with one attached hydrogen (secondary N) is 1. The van der Waals surface area contributed by atoms with E-state index >= 15 is 0 Å². The minimum Gasteiger partial charge on any atom is -0.444 e. The summed E-state index contributed by atoms with van der Waals surface area (Å²) in [5, 5.41) is 0. The molecule has 25 heavy (non-hydrogen) atoms. The number of amides is 2. The van der Waals surface area contributed by atoms with E-state index in [4.69, 9.17) is 69.6 Å². The van der Waals surface area contributed by atoms with E-state index in [9.17, 15) is 18.0 Å². The zero-order valence-electron chi connectivity index (χ0n) is 12.6. The summed E-state index contributed by atoms with van der Waals surface area (Å²) in [6.07, 6.45) is -2.17. The molecule has 0 heterocycles. The van der Waals surface area contributed by atoms with Gasteiger partial charge in [-0.25, -0.2) is 23.4 Å². The van der Waals surface area contributed by atoms with Crippen LogP contribution in [0.1, 0.15) is 19.8 Å². The lowest BCUT2D eigenvalue weighted by molar-refractivity contribution is 0.0998. The maximum absolute atomic E-state index is 12.2. The van der Waals surface area contributed by atoms with Crippen molar-refractivity contribution >= 4 is 91.8 Å². The fourth-order valence-electron chi connectivity index (χ4n) is 1.11. The van der Waals surface area contributed by atoms with E-state index in [-0.39, 0.29) is 10.8 Å². The van der Waals surface area contributed by atoms with Crippen molar-refractivity contribution in [2.75, 3.05) is 19.0 Å². The number of nitrogens with zero attached hydrogens (tertiary/aromatic N) is 1. The molecule has 0 aromatic rings. The molecule has 2 amide bonds. The van der Waals surface area contributed by atoms with Crippen LogP contribution < -0.4 is 5.43 Å². The minimum atomic E-state index is -4.28. The molecule has 0 aromatic heterocycles. The molecule has 0 aliphatic rings. The van der Waals surface area contributed by atoms with Crippen LogP contribution in [0.25, 0.3) is 0 Å². The Morgan fingerprint density at radius 2 is 1.48 bits per heavy atom. The molecule has 0 aromatic carbocycles. The van der Waals surface area contributed by atoms with Gasteiger partial charge < -0.3 is 9.47 Å². The number of halogens is 6. The molecule has 0 radical (unpaired) electrons. The van der Waals surface area contributed by atoms with Crippen LogP contribution in [0.15, 0.2) is 0 Å². The van der Waals surface area contributed by atoms with Crippen molar-refractivity contribution in [1.29, 1.82) is 0 Å². The summed E-state index contributed by atoms with van der Waals surface area (Å²) < 4.78 is 29.4. The highest BCUT2D eigenvalue weighted by molar-refractivity contribution is 7.89. The third kappa shape index (κ3) is 12.3. The molecule has 0 rings (SSSR count). The number of carbonyl (C=O) groups excluding carboxylic acids is 2. The molecule has 0 atom stereocenters. The first-order valence-corrected chi connectivity index (χ1v) is 10.3. The normalized spacial score (nSPS) is 12.4. The first-order chi connectivity index (χ1) is 11.2. The van der Waals surface area contributed by atoms with Gasteiger partial charge in [0.05, 0.1) is 5.75 Å². The quantitative estimate of drug-likeness (QED) is 0.436. The number of alkyl halides is 6. The number of hydrogen-bond donors (Lipinski definition) is 1. The molecule has 0 bridgehead atoms. The van der Waals surface area contributed by atoms with Gasteiger partial charge in [-0.2, -0.15) is 0 Å². The van der Waals surface area contributed by atoms with E-state index in [2.05, 4.69) is 9.47 Å². The Kier molecular flexibility index (Phi) is 10.6. The first-order valence-electron chi connectivity index (χ1n) is 6.44. The number of rotatable bonds is 6. The number of unbranched alkanes of at least 4 members (excludes halogenated alkanes) is 1. The summed E-state index contributed by atoms with van der Waals surface area (Å²) in [7, 11) is -4.28. The van der Waals surface area contributed by atoms with Crippen molar-refractivity contribution in [3.8, 4) is 0 Å². The summed E-state index contributed by atoms with van der Waals surface area (Å²) in [6.45, 7) is 0.264. The molecule has 8 nitrogen and oxygen atoms in total. The summed E-state index contributed by atoms with van der Waals surface area (Å²) in [5.74, 6) is -0.461. The van der Waals surface area contributed by atoms with Gasteiger partial charge in [0.25, 0.3) is 10.0 Å². The number of carbonyl (C=O) groups is 2. The Labute approximate surface area is 174 Å². The summed E-state index contributed by atoms with van der Waals surface area (Å²) in [4.78, 5) is 23.6. The van der Waals surface area contributed by atoms with Crippen molar-refractivity contribution in [2.45, 2.75) is 27.4 Å². The SMILES string of the molecule is CCCCS(=O)(=O)N(NC(=O)OCC(Cl)(Cl)Cl)C(=O)OCC(Cl)(Cl)Cl. The Hall–Kier alpha value is 0.230. The Morgan fingerprint density at radius 3 is 1.92 bits per heavy atom. The van der Waals surface area contributed by atoms with Crippen LogP contribution in [0, 0.1) is 0 Å². The standard InChI is InChI=1S/C10H14Cl6N2O6S/c1-2-3-4-25(21,22)18(8(20)24-6-10(14,15)16)17-7(19)23-5-9(11,12)13/h2-6H2,1H3,(H,17,19). The Bertz CT molecular complexity index is 561. The highest BCUT2D eigenvalue weighted by Crippen LogP contribution is 2.27. The van der Waals surface area contributed by atoms with E-state index in [1.54, 1.807) is 12.3 Å². The third-order valence-electron chi connectivity index (χ3n) is 2.12. The van der Waals surface area contributed by atoms with Gasteiger partial charge in [-0.1, -0.05) is 83.0 Å².